The lowest BCUT2D eigenvalue weighted by molar-refractivity contribution is 0.0343. The van der Waals surface area contributed by atoms with Crippen LogP contribution in [0.25, 0.3) is 11.0 Å². The molecule has 8 nitrogen and oxygen atoms in total. The SMILES string of the molecule is COc1nc2nc(N3CCNCC3)cc(CN3CCOCC3)c2cc1N. The molecule has 0 unspecified atom stereocenters. The molecule has 26 heavy (non-hydrogen) atoms. The number of rotatable bonds is 4. The Hall–Kier alpha value is -2.16. The summed E-state index contributed by atoms with van der Waals surface area (Å²) < 4.78 is 10.8. The quantitative estimate of drug-likeness (QED) is 0.815. The summed E-state index contributed by atoms with van der Waals surface area (Å²) in [6.07, 6.45) is 0. The van der Waals surface area contributed by atoms with Crippen molar-refractivity contribution in [2.24, 2.45) is 0 Å². The summed E-state index contributed by atoms with van der Waals surface area (Å²) in [5, 5.41) is 4.38. The Morgan fingerprint density at radius 2 is 1.92 bits per heavy atom. The van der Waals surface area contributed by atoms with E-state index < -0.39 is 0 Å². The van der Waals surface area contributed by atoms with Crippen molar-refractivity contribution >= 4 is 22.5 Å². The van der Waals surface area contributed by atoms with Gasteiger partial charge in [0.2, 0.25) is 5.88 Å². The van der Waals surface area contributed by atoms with Crippen molar-refractivity contribution in [1.82, 2.24) is 20.2 Å². The van der Waals surface area contributed by atoms with Gasteiger partial charge in [-0.2, -0.15) is 4.98 Å². The average molecular weight is 358 g/mol. The van der Waals surface area contributed by atoms with Crippen LogP contribution in [-0.4, -0.2) is 74.5 Å². The first-order chi connectivity index (χ1) is 12.7. The van der Waals surface area contributed by atoms with Gasteiger partial charge in [-0.1, -0.05) is 0 Å². The van der Waals surface area contributed by atoms with E-state index in [9.17, 15) is 0 Å². The Kier molecular flexibility index (Phi) is 5.05. The van der Waals surface area contributed by atoms with E-state index in [0.29, 0.717) is 17.2 Å². The molecular formula is C18H26N6O2. The molecule has 0 saturated carbocycles. The molecule has 2 fully saturated rings. The first-order valence-corrected chi connectivity index (χ1v) is 9.14. The fourth-order valence-electron chi connectivity index (χ4n) is 3.55. The maximum Gasteiger partial charge on any atom is 0.238 e. The highest BCUT2D eigenvalue weighted by atomic mass is 16.5. The number of aromatic nitrogens is 2. The van der Waals surface area contributed by atoms with Crippen molar-refractivity contribution in [2.45, 2.75) is 6.54 Å². The summed E-state index contributed by atoms with van der Waals surface area (Å²) in [4.78, 5) is 14.1. The number of nitrogens with zero attached hydrogens (tertiary/aromatic N) is 4. The lowest BCUT2D eigenvalue weighted by Crippen LogP contribution is -2.44. The summed E-state index contributed by atoms with van der Waals surface area (Å²) in [6, 6.07) is 4.13. The van der Waals surface area contributed by atoms with Gasteiger partial charge in [-0.25, -0.2) is 4.98 Å². The molecule has 0 aliphatic carbocycles. The monoisotopic (exact) mass is 358 g/mol. The van der Waals surface area contributed by atoms with E-state index in [2.05, 4.69) is 26.2 Å². The molecule has 2 saturated heterocycles. The molecule has 0 radical (unpaired) electrons. The van der Waals surface area contributed by atoms with E-state index >= 15 is 0 Å². The number of anilines is 2. The Labute approximate surface area is 153 Å². The number of nitrogens with one attached hydrogen (secondary N) is 1. The number of fused-ring (bicyclic) bond motifs is 1. The van der Waals surface area contributed by atoms with Crippen molar-refractivity contribution in [2.75, 3.05) is 70.2 Å². The number of methoxy groups -OCH3 is 1. The number of hydrogen-bond acceptors (Lipinski definition) is 8. The minimum Gasteiger partial charge on any atom is -0.479 e. The molecule has 2 aliphatic rings. The molecule has 2 aromatic heterocycles. The van der Waals surface area contributed by atoms with E-state index in [1.54, 1.807) is 7.11 Å². The molecule has 3 N–H and O–H groups in total. The zero-order chi connectivity index (χ0) is 17.9. The third-order valence-electron chi connectivity index (χ3n) is 5.00. The van der Waals surface area contributed by atoms with Crippen LogP contribution >= 0.6 is 0 Å². The van der Waals surface area contributed by atoms with E-state index in [-0.39, 0.29) is 0 Å². The van der Waals surface area contributed by atoms with Crippen LogP contribution in [0.5, 0.6) is 5.88 Å². The number of piperazine rings is 1. The standard InChI is InChI=1S/C18H26N6O2/c1-25-18-15(19)11-14-13(12-23-6-8-26-9-7-23)10-16(21-17(14)22-18)24-4-2-20-3-5-24/h10-11,20H,2-9,12,19H2,1H3. The van der Waals surface area contributed by atoms with E-state index in [1.807, 2.05) is 6.07 Å². The van der Waals surface area contributed by atoms with Crippen LogP contribution in [0.2, 0.25) is 0 Å². The second kappa shape index (κ2) is 7.61. The topological polar surface area (TPSA) is 88.8 Å². The smallest absolute Gasteiger partial charge is 0.238 e. The second-order valence-corrected chi connectivity index (χ2v) is 6.72. The third kappa shape index (κ3) is 3.53. The maximum absolute atomic E-state index is 6.11. The van der Waals surface area contributed by atoms with Gasteiger partial charge in [0, 0.05) is 51.2 Å². The highest BCUT2D eigenvalue weighted by molar-refractivity contribution is 5.85. The third-order valence-corrected chi connectivity index (χ3v) is 5.00. The lowest BCUT2D eigenvalue weighted by atomic mass is 10.1. The fourth-order valence-corrected chi connectivity index (χ4v) is 3.55. The van der Waals surface area contributed by atoms with E-state index in [4.69, 9.17) is 20.2 Å². The number of hydrogen-bond donors (Lipinski definition) is 2. The molecule has 2 aromatic rings. The number of nitrogens with two attached hydrogens (primary N) is 1. The number of pyridine rings is 2. The van der Waals surface area contributed by atoms with Gasteiger partial charge < -0.3 is 25.4 Å². The molecule has 4 heterocycles. The Balaban J connectivity index is 1.75. The van der Waals surface area contributed by atoms with E-state index in [1.165, 1.54) is 5.56 Å². The van der Waals surface area contributed by atoms with Gasteiger partial charge in [0.25, 0.3) is 0 Å². The molecule has 140 valence electrons. The Morgan fingerprint density at radius 3 is 2.65 bits per heavy atom. The molecular weight excluding hydrogens is 332 g/mol. The number of morpholine rings is 1. The van der Waals surface area contributed by atoms with Crippen LogP contribution in [0.15, 0.2) is 12.1 Å². The summed E-state index contributed by atoms with van der Waals surface area (Å²) in [7, 11) is 1.58. The summed E-state index contributed by atoms with van der Waals surface area (Å²) >= 11 is 0. The second-order valence-electron chi connectivity index (χ2n) is 6.72. The maximum atomic E-state index is 6.11. The highest BCUT2D eigenvalue weighted by Crippen LogP contribution is 2.29. The van der Waals surface area contributed by atoms with Crippen LogP contribution in [0.3, 0.4) is 0 Å². The van der Waals surface area contributed by atoms with Gasteiger partial charge in [-0.15, -0.1) is 0 Å². The Morgan fingerprint density at radius 1 is 1.15 bits per heavy atom. The lowest BCUT2D eigenvalue weighted by Gasteiger charge is -2.30. The van der Waals surface area contributed by atoms with Crippen molar-refractivity contribution in [3.05, 3.63) is 17.7 Å². The molecule has 8 heteroatoms. The normalized spacial score (nSPS) is 19.0. The largest absolute Gasteiger partial charge is 0.479 e. The zero-order valence-corrected chi connectivity index (χ0v) is 15.2. The highest BCUT2D eigenvalue weighted by Gasteiger charge is 2.19. The summed E-state index contributed by atoms with van der Waals surface area (Å²) in [6.45, 7) is 8.10. The van der Waals surface area contributed by atoms with Crippen molar-refractivity contribution < 1.29 is 9.47 Å². The van der Waals surface area contributed by atoms with Crippen LogP contribution in [0.4, 0.5) is 11.5 Å². The van der Waals surface area contributed by atoms with Crippen LogP contribution in [-0.2, 0) is 11.3 Å². The first kappa shape index (κ1) is 17.3. The predicted molar refractivity (Wildman–Crippen MR) is 102 cm³/mol. The predicted octanol–water partition coefficient (Wildman–Crippen LogP) is 0.462. The minimum absolute atomic E-state index is 0.430. The van der Waals surface area contributed by atoms with Crippen molar-refractivity contribution in [3.63, 3.8) is 0 Å². The van der Waals surface area contributed by atoms with Gasteiger partial charge in [-0.3, -0.25) is 4.90 Å². The molecule has 2 aliphatic heterocycles. The van der Waals surface area contributed by atoms with Gasteiger partial charge >= 0.3 is 0 Å². The van der Waals surface area contributed by atoms with Gasteiger partial charge in [0.05, 0.1) is 26.0 Å². The van der Waals surface area contributed by atoms with Crippen molar-refractivity contribution in [3.8, 4) is 5.88 Å². The molecule has 0 amide bonds. The van der Waals surface area contributed by atoms with Gasteiger partial charge in [-0.05, 0) is 17.7 Å². The molecule has 0 atom stereocenters. The summed E-state index contributed by atoms with van der Waals surface area (Å²) in [5.74, 6) is 1.40. The molecule has 0 aromatic carbocycles. The first-order valence-electron chi connectivity index (χ1n) is 9.14. The van der Waals surface area contributed by atoms with E-state index in [0.717, 1.165) is 70.2 Å². The van der Waals surface area contributed by atoms with Crippen LogP contribution < -0.4 is 20.7 Å². The van der Waals surface area contributed by atoms with Crippen LogP contribution in [0, 0.1) is 0 Å². The fraction of sp³-hybridized carbons (Fsp3) is 0.556. The Bertz CT molecular complexity index is 772. The average Bonchev–Trinajstić information content (AvgIpc) is 2.69. The van der Waals surface area contributed by atoms with Crippen LogP contribution in [0.1, 0.15) is 5.56 Å². The summed E-state index contributed by atoms with van der Waals surface area (Å²) in [5.41, 5.74) is 8.55. The molecule has 4 rings (SSSR count). The molecule has 0 bridgehead atoms. The van der Waals surface area contributed by atoms with Crippen molar-refractivity contribution in [1.29, 1.82) is 0 Å². The van der Waals surface area contributed by atoms with Gasteiger partial charge in [0.1, 0.15) is 5.82 Å². The minimum atomic E-state index is 0.430. The number of ether oxygens (including phenoxy) is 2. The molecule has 0 spiro atoms. The van der Waals surface area contributed by atoms with Gasteiger partial charge in [0.15, 0.2) is 5.65 Å². The zero-order valence-electron chi connectivity index (χ0n) is 15.2. The number of nitrogen functional groups attached to an aromatic ring is 1.